The molecule has 0 spiro atoms. The monoisotopic (exact) mass is 292 g/mol. The maximum absolute atomic E-state index is 12.0. The fraction of sp³-hybridized carbons (Fsp3) is 0.500. The topological polar surface area (TPSA) is 41.1 Å². The summed E-state index contributed by atoms with van der Waals surface area (Å²) in [6, 6.07) is 7.90. The molecule has 3 nitrogen and oxygen atoms in total. The first-order valence-corrected chi connectivity index (χ1v) is 7.37. The highest BCUT2D eigenvalue weighted by atomic mass is 32.1. The molecule has 0 saturated heterocycles. The fourth-order valence-corrected chi connectivity index (χ4v) is 1.95. The highest BCUT2D eigenvalue weighted by Gasteiger charge is 2.14. The van der Waals surface area contributed by atoms with Gasteiger partial charge in [0.05, 0.1) is 0 Å². The normalized spacial score (nSPS) is 12.7. The highest BCUT2D eigenvalue weighted by molar-refractivity contribution is 7.80. The third-order valence-electron chi connectivity index (χ3n) is 3.23. The zero-order valence-electron chi connectivity index (χ0n) is 12.9. The Morgan fingerprint density at radius 3 is 2.25 bits per heavy atom. The van der Waals surface area contributed by atoms with Gasteiger partial charge in [-0.3, -0.25) is 10.1 Å². The Hall–Kier alpha value is -1.42. The molecule has 4 heteroatoms. The number of carbonyl (C=O) groups is 1. The zero-order chi connectivity index (χ0) is 15.3. The van der Waals surface area contributed by atoms with Crippen molar-refractivity contribution in [2.45, 2.75) is 52.5 Å². The second kappa shape index (κ2) is 6.84. The van der Waals surface area contributed by atoms with Gasteiger partial charge < -0.3 is 5.32 Å². The summed E-state index contributed by atoms with van der Waals surface area (Å²) < 4.78 is 0. The molecule has 1 amide bonds. The molecule has 1 aromatic carbocycles. The van der Waals surface area contributed by atoms with Gasteiger partial charge in [0.25, 0.3) is 5.91 Å². The Morgan fingerprint density at radius 2 is 1.80 bits per heavy atom. The van der Waals surface area contributed by atoms with Crippen molar-refractivity contribution in [2.75, 3.05) is 0 Å². The molecule has 0 radical (unpaired) electrons. The summed E-state index contributed by atoms with van der Waals surface area (Å²) >= 11 is 5.11. The summed E-state index contributed by atoms with van der Waals surface area (Å²) in [6.07, 6.45) is 0.955. The van der Waals surface area contributed by atoms with Crippen LogP contribution in [0.2, 0.25) is 0 Å². The van der Waals surface area contributed by atoms with Crippen molar-refractivity contribution in [3.63, 3.8) is 0 Å². The standard InChI is InChI=1S/C16H24N2OS/c1-6-11(2)17-15(20)18-14(19)12-7-9-13(10-8-12)16(3,4)5/h7-11H,6H2,1-5H3,(H2,17,18,19,20). The Labute approximate surface area is 127 Å². The van der Waals surface area contributed by atoms with Gasteiger partial charge >= 0.3 is 0 Å². The largest absolute Gasteiger partial charge is 0.360 e. The molecule has 0 heterocycles. The average Bonchev–Trinajstić information content (AvgIpc) is 2.37. The summed E-state index contributed by atoms with van der Waals surface area (Å²) in [5.41, 5.74) is 1.91. The second-order valence-corrected chi connectivity index (χ2v) is 6.47. The van der Waals surface area contributed by atoms with Crippen LogP contribution >= 0.6 is 12.2 Å². The summed E-state index contributed by atoms with van der Waals surface area (Å²) in [6.45, 7) is 10.5. The van der Waals surface area contributed by atoms with Crippen molar-refractivity contribution < 1.29 is 4.79 Å². The molecule has 0 fully saturated rings. The lowest BCUT2D eigenvalue weighted by molar-refractivity contribution is 0.0976. The molecule has 1 atom stereocenters. The molecule has 0 bridgehead atoms. The van der Waals surface area contributed by atoms with Crippen LogP contribution < -0.4 is 10.6 Å². The summed E-state index contributed by atoms with van der Waals surface area (Å²) in [5, 5.41) is 6.15. The first kappa shape index (κ1) is 16.6. The number of amides is 1. The lowest BCUT2D eigenvalue weighted by Gasteiger charge is -2.19. The van der Waals surface area contributed by atoms with E-state index in [1.165, 1.54) is 5.56 Å². The van der Waals surface area contributed by atoms with Gasteiger partial charge in [-0.15, -0.1) is 0 Å². The van der Waals surface area contributed by atoms with E-state index in [9.17, 15) is 4.79 Å². The molecule has 0 saturated carbocycles. The highest BCUT2D eigenvalue weighted by Crippen LogP contribution is 2.22. The van der Waals surface area contributed by atoms with Crippen LogP contribution in [-0.2, 0) is 5.41 Å². The van der Waals surface area contributed by atoms with Gasteiger partial charge in [-0.2, -0.15) is 0 Å². The minimum Gasteiger partial charge on any atom is -0.360 e. The molecule has 0 aliphatic heterocycles. The van der Waals surface area contributed by atoms with E-state index in [1.54, 1.807) is 0 Å². The molecular weight excluding hydrogens is 268 g/mol. The number of nitrogens with one attached hydrogen (secondary N) is 2. The Kier molecular flexibility index (Phi) is 5.69. The number of hydrogen-bond acceptors (Lipinski definition) is 2. The van der Waals surface area contributed by atoms with Gasteiger partial charge in [-0.05, 0) is 48.7 Å². The third kappa shape index (κ3) is 4.93. The molecule has 2 N–H and O–H groups in total. The molecular formula is C16H24N2OS. The predicted molar refractivity (Wildman–Crippen MR) is 88.1 cm³/mol. The maximum atomic E-state index is 12.0. The molecule has 1 aromatic rings. The Bertz CT molecular complexity index is 474. The number of carbonyl (C=O) groups excluding carboxylic acids is 1. The molecule has 110 valence electrons. The molecule has 1 unspecified atom stereocenters. The van der Waals surface area contributed by atoms with Crippen LogP contribution in [0.5, 0.6) is 0 Å². The first-order valence-electron chi connectivity index (χ1n) is 6.96. The fourth-order valence-electron chi connectivity index (χ4n) is 1.66. The van der Waals surface area contributed by atoms with Crippen molar-refractivity contribution in [3.8, 4) is 0 Å². The van der Waals surface area contributed by atoms with Crippen molar-refractivity contribution in [1.82, 2.24) is 10.6 Å². The molecule has 0 aromatic heterocycles. The minimum absolute atomic E-state index is 0.0857. The van der Waals surface area contributed by atoms with E-state index >= 15 is 0 Å². The van der Waals surface area contributed by atoms with Crippen LogP contribution in [0.3, 0.4) is 0 Å². The summed E-state index contributed by atoms with van der Waals surface area (Å²) in [7, 11) is 0. The van der Waals surface area contributed by atoms with E-state index in [1.807, 2.05) is 31.2 Å². The van der Waals surface area contributed by atoms with Gasteiger partial charge in [-0.1, -0.05) is 39.8 Å². The van der Waals surface area contributed by atoms with Crippen LogP contribution in [0.15, 0.2) is 24.3 Å². The summed E-state index contributed by atoms with van der Waals surface area (Å²) in [4.78, 5) is 12.0. The number of thiocarbonyl (C=S) groups is 1. The van der Waals surface area contributed by atoms with Gasteiger partial charge in [0.2, 0.25) is 0 Å². The van der Waals surface area contributed by atoms with Crippen LogP contribution in [0.25, 0.3) is 0 Å². The second-order valence-electron chi connectivity index (χ2n) is 6.06. The molecule has 0 aliphatic carbocycles. The SMILES string of the molecule is CCC(C)NC(=S)NC(=O)c1ccc(C(C)(C)C)cc1. The Balaban J connectivity index is 2.67. The van der Waals surface area contributed by atoms with Gasteiger partial charge in [0.15, 0.2) is 5.11 Å². The summed E-state index contributed by atoms with van der Waals surface area (Å²) in [5.74, 6) is -0.175. The van der Waals surface area contributed by atoms with Gasteiger partial charge in [0, 0.05) is 11.6 Å². The molecule has 20 heavy (non-hydrogen) atoms. The Morgan fingerprint density at radius 1 is 1.25 bits per heavy atom. The van der Waals surface area contributed by atoms with Crippen molar-refractivity contribution >= 4 is 23.2 Å². The molecule has 1 rings (SSSR count). The van der Waals surface area contributed by atoms with E-state index in [2.05, 4.69) is 38.3 Å². The van der Waals surface area contributed by atoms with Gasteiger partial charge in [0.1, 0.15) is 0 Å². The first-order chi connectivity index (χ1) is 9.24. The van der Waals surface area contributed by atoms with Crippen molar-refractivity contribution in [3.05, 3.63) is 35.4 Å². The third-order valence-corrected chi connectivity index (χ3v) is 3.45. The zero-order valence-corrected chi connectivity index (χ0v) is 13.7. The predicted octanol–water partition coefficient (Wildman–Crippen LogP) is 3.39. The average molecular weight is 292 g/mol. The lowest BCUT2D eigenvalue weighted by Crippen LogP contribution is -2.43. The lowest BCUT2D eigenvalue weighted by atomic mass is 9.87. The van der Waals surface area contributed by atoms with Crippen LogP contribution in [0.1, 0.15) is 57.0 Å². The molecule has 0 aliphatic rings. The van der Waals surface area contributed by atoms with E-state index in [0.29, 0.717) is 10.7 Å². The van der Waals surface area contributed by atoms with Crippen LogP contribution in [0, 0.1) is 0 Å². The van der Waals surface area contributed by atoms with E-state index in [0.717, 1.165) is 6.42 Å². The van der Waals surface area contributed by atoms with Crippen molar-refractivity contribution in [2.24, 2.45) is 0 Å². The van der Waals surface area contributed by atoms with E-state index in [4.69, 9.17) is 12.2 Å². The maximum Gasteiger partial charge on any atom is 0.257 e. The van der Waals surface area contributed by atoms with Crippen LogP contribution in [0.4, 0.5) is 0 Å². The number of rotatable bonds is 3. The van der Waals surface area contributed by atoms with Crippen LogP contribution in [-0.4, -0.2) is 17.1 Å². The van der Waals surface area contributed by atoms with E-state index in [-0.39, 0.29) is 17.4 Å². The smallest absolute Gasteiger partial charge is 0.257 e. The number of hydrogen-bond donors (Lipinski definition) is 2. The minimum atomic E-state index is -0.175. The quantitative estimate of drug-likeness (QED) is 0.839. The van der Waals surface area contributed by atoms with E-state index < -0.39 is 0 Å². The van der Waals surface area contributed by atoms with Gasteiger partial charge in [-0.25, -0.2) is 0 Å². The van der Waals surface area contributed by atoms with Crippen molar-refractivity contribution in [1.29, 1.82) is 0 Å². The number of benzene rings is 1.